The smallest absolute Gasteiger partial charge is 0.255 e. The molecule has 0 aliphatic carbocycles. The summed E-state index contributed by atoms with van der Waals surface area (Å²) in [6, 6.07) is 8.58. The van der Waals surface area contributed by atoms with Gasteiger partial charge in [-0.05, 0) is 24.3 Å². The summed E-state index contributed by atoms with van der Waals surface area (Å²) in [4.78, 5) is 11.7. The zero-order chi connectivity index (χ0) is 13.1. The molecule has 0 fully saturated rings. The van der Waals surface area contributed by atoms with Gasteiger partial charge in [-0.3, -0.25) is 4.79 Å². The van der Waals surface area contributed by atoms with Gasteiger partial charge in [0.15, 0.2) is 0 Å². The highest BCUT2D eigenvalue weighted by Crippen LogP contribution is 2.22. The molecule has 0 spiro atoms. The number of carbonyl (C=O) groups excluding carboxylic acids is 1. The highest BCUT2D eigenvalue weighted by atomic mass is 19.1. The van der Waals surface area contributed by atoms with Gasteiger partial charge in [-0.2, -0.15) is 0 Å². The van der Waals surface area contributed by atoms with Crippen molar-refractivity contribution in [1.29, 1.82) is 0 Å². The Morgan fingerprint density at radius 1 is 1.06 bits per heavy atom. The van der Waals surface area contributed by atoms with Crippen molar-refractivity contribution in [2.75, 3.05) is 5.32 Å². The summed E-state index contributed by atoms with van der Waals surface area (Å²) in [6.45, 7) is 0. The molecule has 92 valence electrons. The second kappa shape index (κ2) is 4.83. The minimum absolute atomic E-state index is 0.122. The van der Waals surface area contributed by atoms with Gasteiger partial charge in [-0.1, -0.05) is 12.1 Å². The number of hydrogen-bond donors (Lipinski definition) is 2. The Hall–Kier alpha value is -2.43. The Morgan fingerprint density at radius 2 is 1.67 bits per heavy atom. The van der Waals surface area contributed by atoms with E-state index in [1.165, 1.54) is 12.1 Å². The number of phenols is 1. The number of carbonyl (C=O) groups is 1. The van der Waals surface area contributed by atoms with E-state index in [0.717, 1.165) is 12.1 Å². The predicted octanol–water partition coefficient (Wildman–Crippen LogP) is 2.92. The molecule has 2 aromatic carbocycles. The molecule has 2 N–H and O–H groups in total. The van der Waals surface area contributed by atoms with Crippen LogP contribution in [0.25, 0.3) is 0 Å². The molecule has 2 aromatic rings. The first-order chi connectivity index (χ1) is 8.56. The van der Waals surface area contributed by atoms with Crippen molar-refractivity contribution in [3.63, 3.8) is 0 Å². The lowest BCUT2D eigenvalue weighted by atomic mass is 10.2. The fraction of sp³-hybridized carbons (Fsp3) is 0. The fourth-order valence-corrected chi connectivity index (χ4v) is 1.46. The van der Waals surface area contributed by atoms with Gasteiger partial charge in [-0.25, -0.2) is 8.78 Å². The average Bonchev–Trinajstić information content (AvgIpc) is 2.31. The molecule has 0 aromatic heterocycles. The van der Waals surface area contributed by atoms with E-state index in [1.807, 2.05) is 0 Å². The number of anilines is 1. The molecule has 0 bridgehead atoms. The van der Waals surface area contributed by atoms with Crippen LogP contribution in [0.15, 0.2) is 42.5 Å². The topological polar surface area (TPSA) is 49.3 Å². The maximum atomic E-state index is 12.9. The lowest BCUT2D eigenvalue weighted by molar-refractivity contribution is 0.102. The normalized spacial score (nSPS) is 10.1. The first-order valence-corrected chi connectivity index (χ1v) is 5.12. The Kier molecular flexibility index (Phi) is 3.23. The molecular formula is C13H9F2NO2. The van der Waals surface area contributed by atoms with E-state index in [2.05, 4.69) is 5.32 Å². The van der Waals surface area contributed by atoms with Gasteiger partial charge >= 0.3 is 0 Å². The molecule has 0 atom stereocenters. The van der Waals surface area contributed by atoms with Gasteiger partial charge in [0.25, 0.3) is 5.91 Å². The number of halogens is 2. The number of phenolic OH excluding ortho intramolecular Hbond substituents is 1. The Labute approximate surface area is 102 Å². The largest absolute Gasteiger partial charge is 0.506 e. The second-order valence-electron chi connectivity index (χ2n) is 3.63. The van der Waals surface area contributed by atoms with Crippen LogP contribution in [0.5, 0.6) is 5.75 Å². The van der Waals surface area contributed by atoms with Crippen LogP contribution in [0.4, 0.5) is 14.5 Å². The summed E-state index contributed by atoms with van der Waals surface area (Å²) in [5.74, 6) is -2.49. The highest BCUT2D eigenvalue weighted by molar-refractivity contribution is 6.04. The van der Waals surface area contributed by atoms with Crippen LogP contribution < -0.4 is 5.32 Å². The summed E-state index contributed by atoms with van der Waals surface area (Å²) in [5, 5.41) is 11.8. The van der Waals surface area contributed by atoms with Crippen LogP contribution in [0.2, 0.25) is 0 Å². The first-order valence-electron chi connectivity index (χ1n) is 5.12. The summed E-state index contributed by atoms with van der Waals surface area (Å²) in [7, 11) is 0. The second-order valence-corrected chi connectivity index (χ2v) is 3.63. The molecule has 0 saturated heterocycles. The molecular weight excluding hydrogens is 240 g/mol. The third kappa shape index (κ3) is 2.63. The minimum atomic E-state index is -0.836. The van der Waals surface area contributed by atoms with E-state index in [1.54, 1.807) is 12.1 Å². The van der Waals surface area contributed by atoms with Gasteiger partial charge in [0.2, 0.25) is 0 Å². The van der Waals surface area contributed by atoms with Crippen LogP contribution in [0.1, 0.15) is 10.4 Å². The molecule has 18 heavy (non-hydrogen) atoms. The number of para-hydroxylation sites is 2. The molecule has 0 aliphatic rings. The van der Waals surface area contributed by atoms with Crippen LogP contribution in [0, 0.1) is 11.6 Å². The Bertz CT molecular complexity index is 579. The van der Waals surface area contributed by atoms with Crippen LogP contribution in [-0.2, 0) is 0 Å². The van der Waals surface area contributed by atoms with Crippen molar-refractivity contribution in [3.05, 3.63) is 59.7 Å². The van der Waals surface area contributed by atoms with Crippen molar-refractivity contribution in [3.8, 4) is 5.75 Å². The molecule has 0 unspecified atom stereocenters. The van der Waals surface area contributed by atoms with Gasteiger partial charge in [-0.15, -0.1) is 0 Å². The maximum absolute atomic E-state index is 12.9. The number of hydrogen-bond acceptors (Lipinski definition) is 2. The highest BCUT2D eigenvalue weighted by Gasteiger charge is 2.11. The fourth-order valence-electron chi connectivity index (χ4n) is 1.46. The van der Waals surface area contributed by atoms with E-state index >= 15 is 0 Å². The van der Waals surface area contributed by atoms with E-state index in [4.69, 9.17) is 0 Å². The van der Waals surface area contributed by atoms with E-state index in [0.29, 0.717) is 6.07 Å². The molecule has 5 heteroatoms. The van der Waals surface area contributed by atoms with Crippen molar-refractivity contribution < 1.29 is 18.7 Å². The summed E-state index contributed by atoms with van der Waals surface area (Å²) < 4.78 is 25.9. The third-order valence-corrected chi connectivity index (χ3v) is 2.28. The standard InChI is InChI=1S/C13H9F2NO2/c14-9-5-8(6-10(15)7-9)13(18)16-11-3-1-2-4-12(11)17/h1-7,17H,(H,16,18). The number of nitrogens with one attached hydrogen (secondary N) is 1. The predicted molar refractivity (Wildman–Crippen MR) is 62.4 cm³/mol. The molecule has 2 rings (SSSR count). The van der Waals surface area contributed by atoms with Crippen molar-refractivity contribution in [2.24, 2.45) is 0 Å². The van der Waals surface area contributed by atoms with Gasteiger partial charge in [0.1, 0.15) is 17.4 Å². The third-order valence-electron chi connectivity index (χ3n) is 2.28. The van der Waals surface area contributed by atoms with Gasteiger partial charge < -0.3 is 10.4 Å². The van der Waals surface area contributed by atoms with Crippen LogP contribution in [-0.4, -0.2) is 11.0 Å². The minimum Gasteiger partial charge on any atom is -0.506 e. The average molecular weight is 249 g/mol. The van der Waals surface area contributed by atoms with E-state index in [-0.39, 0.29) is 17.0 Å². The molecule has 0 radical (unpaired) electrons. The zero-order valence-electron chi connectivity index (χ0n) is 9.15. The Balaban J connectivity index is 2.25. The number of benzene rings is 2. The van der Waals surface area contributed by atoms with Gasteiger partial charge in [0, 0.05) is 11.6 Å². The lowest BCUT2D eigenvalue weighted by Gasteiger charge is -2.07. The number of rotatable bonds is 2. The maximum Gasteiger partial charge on any atom is 0.255 e. The lowest BCUT2D eigenvalue weighted by Crippen LogP contribution is -2.12. The van der Waals surface area contributed by atoms with Gasteiger partial charge in [0.05, 0.1) is 5.69 Å². The summed E-state index contributed by atoms with van der Waals surface area (Å²) >= 11 is 0. The Morgan fingerprint density at radius 3 is 2.28 bits per heavy atom. The molecule has 1 amide bonds. The van der Waals surface area contributed by atoms with E-state index in [9.17, 15) is 18.7 Å². The molecule has 0 heterocycles. The molecule has 0 aliphatic heterocycles. The van der Waals surface area contributed by atoms with Crippen LogP contribution >= 0.6 is 0 Å². The van der Waals surface area contributed by atoms with Crippen molar-refractivity contribution in [1.82, 2.24) is 0 Å². The first kappa shape index (κ1) is 12.0. The summed E-state index contributed by atoms with van der Waals surface area (Å²) in [5.41, 5.74) is 0.0166. The monoisotopic (exact) mass is 249 g/mol. The van der Waals surface area contributed by atoms with Crippen molar-refractivity contribution in [2.45, 2.75) is 0 Å². The molecule has 0 saturated carbocycles. The number of aromatic hydroxyl groups is 1. The zero-order valence-corrected chi connectivity index (χ0v) is 9.15. The van der Waals surface area contributed by atoms with Crippen molar-refractivity contribution >= 4 is 11.6 Å². The molecule has 3 nitrogen and oxygen atoms in total. The summed E-state index contributed by atoms with van der Waals surface area (Å²) in [6.07, 6.45) is 0. The quantitative estimate of drug-likeness (QED) is 0.804. The number of amides is 1. The van der Waals surface area contributed by atoms with E-state index < -0.39 is 17.5 Å². The SMILES string of the molecule is O=C(Nc1ccccc1O)c1cc(F)cc(F)c1. The van der Waals surface area contributed by atoms with Crippen LogP contribution in [0.3, 0.4) is 0 Å².